The number of carbonyl (C=O) groups is 1. The van der Waals surface area contributed by atoms with Crippen LogP contribution >= 0.6 is 27.7 Å². The Morgan fingerprint density at radius 2 is 2.17 bits per heavy atom. The Labute approximate surface area is 121 Å². The lowest BCUT2D eigenvalue weighted by molar-refractivity contribution is -0.125. The number of rotatable bonds is 6. The summed E-state index contributed by atoms with van der Waals surface area (Å²) < 4.78 is 1.05. The number of carbonyl (C=O) groups excluding carboxylic acids is 1. The van der Waals surface area contributed by atoms with E-state index in [2.05, 4.69) is 46.4 Å². The molecule has 100 valence electrons. The van der Waals surface area contributed by atoms with E-state index in [1.165, 1.54) is 5.56 Å². The Morgan fingerprint density at radius 1 is 1.44 bits per heavy atom. The van der Waals surface area contributed by atoms with Gasteiger partial charge in [-0.3, -0.25) is 4.79 Å². The Bertz CT molecular complexity index is 410. The normalized spacial score (nSPS) is 10.4. The summed E-state index contributed by atoms with van der Waals surface area (Å²) in [4.78, 5) is 14.2. The van der Waals surface area contributed by atoms with Crippen molar-refractivity contribution in [1.29, 1.82) is 0 Å². The number of benzene rings is 1. The molecular weight excluding hydrogens is 312 g/mol. The molecule has 0 unspecified atom stereocenters. The molecule has 0 fully saturated rings. The molecule has 1 N–H and O–H groups in total. The average Bonchev–Trinajstić information content (AvgIpc) is 2.34. The van der Waals surface area contributed by atoms with Crippen molar-refractivity contribution in [2.45, 2.75) is 18.4 Å². The summed E-state index contributed by atoms with van der Waals surface area (Å²) in [5, 5.41) is 3.29. The van der Waals surface area contributed by atoms with Gasteiger partial charge in [0.15, 0.2) is 0 Å². The van der Waals surface area contributed by atoms with E-state index in [4.69, 9.17) is 0 Å². The first kappa shape index (κ1) is 15.5. The average molecular weight is 331 g/mol. The number of amides is 1. The van der Waals surface area contributed by atoms with E-state index < -0.39 is 0 Å². The van der Waals surface area contributed by atoms with Crippen molar-refractivity contribution in [3.63, 3.8) is 0 Å². The zero-order valence-corrected chi connectivity index (χ0v) is 13.4. The summed E-state index contributed by atoms with van der Waals surface area (Å²) in [5.74, 6) is 0.599. The van der Waals surface area contributed by atoms with Gasteiger partial charge in [-0.05, 0) is 40.2 Å². The second-order valence-electron chi connectivity index (χ2n) is 4.12. The van der Waals surface area contributed by atoms with Crippen LogP contribution < -0.4 is 5.32 Å². The van der Waals surface area contributed by atoms with Gasteiger partial charge in [-0.15, -0.1) is 11.8 Å². The molecule has 5 heteroatoms. The number of hydrogen-bond donors (Lipinski definition) is 1. The summed E-state index contributed by atoms with van der Waals surface area (Å²) in [6, 6.07) is 6.26. The molecule has 0 heterocycles. The molecule has 0 aliphatic heterocycles. The van der Waals surface area contributed by atoms with Gasteiger partial charge >= 0.3 is 0 Å². The quantitative estimate of drug-likeness (QED) is 0.814. The SMILES string of the molecule is CCNCc1ccc(SCC(=O)N(C)C)c(Br)c1. The van der Waals surface area contributed by atoms with Gasteiger partial charge in [0.05, 0.1) is 5.75 Å². The maximum Gasteiger partial charge on any atom is 0.232 e. The maximum absolute atomic E-state index is 11.5. The van der Waals surface area contributed by atoms with Gasteiger partial charge in [0.25, 0.3) is 0 Å². The molecule has 0 aromatic heterocycles. The standard InChI is InChI=1S/C13H19BrN2OS/c1-4-15-8-10-5-6-12(11(14)7-10)18-9-13(17)16(2)3/h5-7,15H,4,8-9H2,1-3H3. The lowest BCUT2D eigenvalue weighted by atomic mass is 10.2. The second-order valence-corrected chi connectivity index (χ2v) is 5.99. The van der Waals surface area contributed by atoms with Crippen LogP contribution in [0.25, 0.3) is 0 Å². The lowest BCUT2D eigenvalue weighted by Crippen LogP contribution is -2.23. The highest BCUT2D eigenvalue weighted by molar-refractivity contribution is 9.10. The van der Waals surface area contributed by atoms with Gasteiger partial charge in [-0.2, -0.15) is 0 Å². The van der Waals surface area contributed by atoms with Crippen LogP contribution in [0.2, 0.25) is 0 Å². The van der Waals surface area contributed by atoms with E-state index in [9.17, 15) is 4.79 Å². The summed E-state index contributed by atoms with van der Waals surface area (Å²) >= 11 is 5.11. The molecule has 0 saturated heterocycles. The third kappa shape index (κ3) is 5.00. The molecule has 1 aromatic carbocycles. The smallest absolute Gasteiger partial charge is 0.232 e. The fourth-order valence-electron chi connectivity index (χ4n) is 1.31. The molecule has 1 rings (SSSR count). The Kier molecular flexibility index (Phi) is 6.75. The highest BCUT2D eigenvalue weighted by atomic mass is 79.9. The fraction of sp³-hybridized carbons (Fsp3) is 0.462. The van der Waals surface area contributed by atoms with Crippen LogP contribution in [0.5, 0.6) is 0 Å². The van der Waals surface area contributed by atoms with Gasteiger partial charge in [-0.25, -0.2) is 0 Å². The van der Waals surface area contributed by atoms with Crippen molar-refractivity contribution < 1.29 is 4.79 Å². The number of nitrogens with zero attached hydrogens (tertiary/aromatic N) is 1. The van der Waals surface area contributed by atoms with E-state index in [0.29, 0.717) is 5.75 Å². The minimum Gasteiger partial charge on any atom is -0.348 e. The molecule has 0 atom stereocenters. The summed E-state index contributed by atoms with van der Waals surface area (Å²) in [7, 11) is 3.55. The van der Waals surface area contributed by atoms with Crippen LogP contribution in [0, 0.1) is 0 Å². The van der Waals surface area contributed by atoms with Gasteiger partial charge < -0.3 is 10.2 Å². The van der Waals surface area contributed by atoms with Gasteiger partial charge in [0.1, 0.15) is 0 Å². The zero-order chi connectivity index (χ0) is 13.5. The van der Waals surface area contributed by atoms with Crippen molar-refractivity contribution in [2.24, 2.45) is 0 Å². The molecule has 1 amide bonds. The van der Waals surface area contributed by atoms with E-state index in [0.717, 1.165) is 22.5 Å². The maximum atomic E-state index is 11.5. The molecule has 3 nitrogen and oxygen atoms in total. The van der Waals surface area contributed by atoms with Crippen LogP contribution in [0.4, 0.5) is 0 Å². The largest absolute Gasteiger partial charge is 0.348 e. The first-order chi connectivity index (χ1) is 8.54. The first-order valence-electron chi connectivity index (χ1n) is 5.86. The first-order valence-corrected chi connectivity index (χ1v) is 7.64. The highest BCUT2D eigenvalue weighted by Gasteiger charge is 2.07. The molecule has 0 aliphatic rings. The monoisotopic (exact) mass is 330 g/mol. The van der Waals surface area contributed by atoms with E-state index in [1.54, 1.807) is 30.8 Å². The third-order valence-electron chi connectivity index (χ3n) is 2.43. The Hall–Kier alpha value is -0.520. The van der Waals surface area contributed by atoms with E-state index >= 15 is 0 Å². The number of hydrogen-bond acceptors (Lipinski definition) is 3. The molecule has 0 radical (unpaired) electrons. The minimum absolute atomic E-state index is 0.128. The van der Waals surface area contributed by atoms with Crippen molar-refractivity contribution in [1.82, 2.24) is 10.2 Å². The fourth-order valence-corrected chi connectivity index (χ4v) is 2.98. The Morgan fingerprint density at radius 3 is 2.72 bits per heavy atom. The lowest BCUT2D eigenvalue weighted by Gasteiger charge is -2.11. The Balaban J connectivity index is 2.59. The van der Waals surface area contributed by atoms with Crippen LogP contribution in [-0.4, -0.2) is 37.2 Å². The van der Waals surface area contributed by atoms with Crippen LogP contribution in [0.15, 0.2) is 27.6 Å². The van der Waals surface area contributed by atoms with Crippen LogP contribution in [-0.2, 0) is 11.3 Å². The molecule has 0 saturated carbocycles. The highest BCUT2D eigenvalue weighted by Crippen LogP contribution is 2.28. The number of thioether (sulfide) groups is 1. The van der Waals surface area contributed by atoms with Crippen molar-refractivity contribution >= 4 is 33.6 Å². The van der Waals surface area contributed by atoms with Crippen LogP contribution in [0.1, 0.15) is 12.5 Å². The summed E-state index contributed by atoms with van der Waals surface area (Å²) in [6.45, 7) is 3.92. The summed E-state index contributed by atoms with van der Waals surface area (Å²) in [6.07, 6.45) is 0. The minimum atomic E-state index is 0.128. The van der Waals surface area contributed by atoms with Gasteiger partial charge in [0, 0.05) is 30.0 Å². The van der Waals surface area contributed by atoms with Gasteiger partial charge in [-0.1, -0.05) is 13.0 Å². The third-order valence-corrected chi connectivity index (χ3v) is 4.40. The molecule has 0 spiro atoms. The van der Waals surface area contributed by atoms with Crippen molar-refractivity contribution in [3.05, 3.63) is 28.2 Å². The molecule has 1 aromatic rings. The molecule has 18 heavy (non-hydrogen) atoms. The molecule has 0 bridgehead atoms. The predicted octanol–water partition coefficient (Wildman–Crippen LogP) is 2.74. The molecule has 0 aliphatic carbocycles. The number of halogens is 1. The second kappa shape index (κ2) is 7.81. The van der Waals surface area contributed by atoms with Crippen molar-refractivity contribution in [3.8, 4) is 0 Å². The van der Waals surface area contributed by atoms with E-state index in [-0.39, 0.29) is 5.91 Å². The van der Waals surface area contributed by atoms with Crippen LogP contribution in [0.3, 0.4) is 0 Å². The number of nitrogens with one attached hydrogen (secondary N) is 1. The van der Waals surface area contributed by atoms with Crippen molar-refractivity contribution in [2.75, 3.05) is 26.4 Å². The predicted molar refractivity (Wildman–Crippen MR) is 80.9 cm³/mol. The van der Waals surface area contributed by atoms with E-state index in [1.807, 2.05) is 0 Å². The van der Waals surface area contributed by atoms with Gasteiger partial charge in [0.2, 0.25) is 5.91 Å². The molecular formula is C13H19BrN2OS. The zero-order valence-electron chi connectivity index (χ0n) is 11.0. The topological polar surface area (TPSA) is 32.3 Å². The summed E-state index contributed by atoms with van der Waals surface area (Å²) in [5.41, 5.74) is 1.24.